The Morgan fingerprint density at radius 3 is 3.21 bits per heavy atom. The molecule has 0 bridgehead atoms. The van der Waals surface area contributed by atoms with Gasteiger partial charge in [0, 0.05) is 32.2 Å². The minimum Gasteiger partial charge on any atom is -0.381 e. The van der Waals surface area contributed by atoms with Crippen molar-refractivity contribution in [3.8, 4) is 0 Å². The molecule has 0 saturated carbocycles. The van der Waals surface area contributed by atoms with Gasteiger partial charge in [0.1, 0.15) is 6.54 Å². The Morgan fingerprint density at radius 1 is 1.58 bits per heavy atom. The number of nitrogens with one attached hydrogen (secondary N) is 1. The van der Waals surface area contributed by atoms with E-state index >= 15 is 0 Å². The summed E-state index contributed by atoms with van der Waals surface area (Å²) in [4.78, 5) is 26.6. The maximum atomic E-state index is 11.7. The molecule has 1 fully saturated rings. The number of ether oxygens (including phenoxy) is 1. The van der Waals surface area contributed by atoms with Crippen molar-refractivity contribution in [1.82, 2.24) is 14.9 Å². The van der Waals surface area contributed by atoms with Gasteiger partial charge >= 0.3 is 5.69 Å². The van der Waals surface area contributed by atoms with Crippen molar-refractivity contribution < 1.29 is 9.53 Å². The molecule has 0 radical (unpaired) electrons. The molecule has 2 heterocycles. The first-order chi connectivity index (χ1) is 9.25. The van der Waals surface area contributed by atoms with Gasteiger partial charge < -0.3 is 10.1 Å². The topological polar surface area (TPSA) is 73.2 Å². The summed E-state index contributed by atoms with van der Waals surface area (Å²) >= 11 is 0. The molecule has 2 rings (SSSR count). The highest BCUT2D eigenvalue weighted by Gasteiger charge is 2.13. The van der Waals surface area contributed by atoms with Gasteiger partial charge in [-0.05, 0) is 31.2 Å². The molecule has 0 spiro atoms. The quantitative estimate of drug-likeness (QED) is 0.824. The number of rotatable bonds is 5. The Bertz CT molecular complexity index is 466. The summed E-state index contributed by atoms with van der Waals surface area (Å²) in [5, 5.41) is 2.82. The van der Waals surface area contributed by atoms with Gasteiger partial charge in [0.15, 0.2) is 0 Å². The van der Waals surface area contributed by atoms with Gasteiger partial charge in [-0.25, -0.2) is 9.78 Å². The molecule has 1 aliphatic heterocycles. The molecule has 1 amide bonds. The third-order valence-corrected chi connectivity index (χ3v) is 3.23. The van der Waals surface area contributed by atoms with Crippen LogP contribution >= 0.6 is 0 Å². The molecule has 1 N–H and O–H groups in total. The lowest BCUT2D eigenvalue weighted by molar-refractivity contribution is -0.121. The lowest BCUT2D eigenvalue weighted by atomic mass is 9.99. The average molecular weight is 265 g/mol. The third kappa shape index (κ3) is 4.48. The summed E-state index contributed by atoms with van der Waals surface area (Å²) < 4.78 is 6.68. The molecule has 6 heteroatoms. The van der Waals surface area contributed by atoms with Crippen LogP contribution in [0.3, 0.4) is 0 Å². The number of hydrogen-bond donors (Lipinski definition) is 1. The summed E-state index contributed by atoms with van der Waals surface area (Å²) in [5.41, 5.74) is -0.404. The Balaban J connectivity index is 1.70. The standard InChI is InChI=1S/C13H19N3O3/c17-12(9-16-7-2-5-15-13(16)18)14-6-4-11-3-1-8-19-10-11/h2,5,7,11H,1,3-4,6,8-10H2,(H,14,17)/t11-/m0/s1. The fraction of sp³-hybridized carbons (Fsp3) is 0.615. The molecular formula is C13H19N3O3. The van der Waals surface area contributed by atoms with Gasteiger partial charge in [0.25, 0.3) is 0 Å². The van der Waals surface area contributed by atoms with E-state index < -0.39 is 5.69 Å². The maximum Gasteiger partial charge on any atom is 0.347 e. The van der Waals surface area contributed by atoms with Crippen LogP contribution in [0.2, 0.25) is 0 Å². The van der Waals surface area contributed by atoms with Crippen LogP contribution in [-0.4, -0.2) is 35.2 Å². The second kappa shape index (κ2) is 7.04. The van der Waals surface area contributed by atoms with E-state index in [-0.39, 0.29) is 12.5 Å². The largest absolute Gasteiger partial charge is 0.381 e. The summed E-state index contributed by atoms with van der Waals surface area (Å²) in [6.45, 7) is 2.29. The highest BCUT2D eigenvalue weighted by Crippen LogP contribution is 2.16. The van der Waals surface area contributed by atoms with Crippen LogP contribution in [-0.2, 0) is 16.1 Å². The van der Waals surface area contributed by atoms with Crippen LogP contribution < -0.4 is 11.0 Å². The minimum atomic E-state index is -0.404. The van der Waals surface area contributed by atoms with Crippen molar-refractivity contribution in [3.63, 3.8) is 0 Å². The first-order valence-electron chi connectivity index (χ1n) is 6.61. The van der Waals surface area contributed by atoms with E-state index in [9.17, 15) is 9.59 Å². The molecule has 19 heavy (non-hydrogen) atoms. The van der Waals surface area contributed by atoms with Crippen LogP contribution in [0.25, 0.3) is 0 Å². The summed E-state index contributed by atoms with van der Waals surface area (Å²) in [7, 11) is 0. The number of amides is 1. The lowest BCUT2D eigenvalue weighted by Crippen LogP contribution is -2.34. The van der Waals surface area contributed by atoms with Crippen molar-refractivity contribution in [1.29, 1.82) is 0 Å². The van der Waals surface area contributed by atoms with Gasteiger partial charge in [-0.3, -0.25) is 9.36 Å². The SMILES string of the molecule is O=C(Cn1cccnc1=O)NCC[C@@H]1CCCOC1. The first kappa shape index (κ1) is 13.7. The first-order valence-corrected chi connectivity index (χ1v) is 6.61. The number of hydrogen-bond acceptors (Lipinski definition) is 4. The number of carbonyl (C=O) groups is 1. The highest BCUT2D eigenvalue weighted by atomic mass is 16.5. The van der Waals surface area contributed by atoms with Crippen molar-refractivity contribution in [3.05, 3.63) is 28.9 Å². The zero-order chi connectivity index (χ0) is 13.5. The summed E-state index contributed by atoms with van der Waals surface area (Å²) in [6.07, 6.45) is 6.17. The molecule has 1 saturated heterocycles. The van der Waals surface area contributed by atoms with Crippen LogP contribution in [0.5, 0.6) is 0 Å². The highest BCUT2D eigenvalue weighted by molar-refractivity contribution is 5.75. The van der Waals surface area contributed by atoms with Gasteiger partial charge in [0.05, 0.1) is 0 Å². The normalized spacial score (nSPS) is 19.1. The van der Waals surface area contributed by atoms with Crippen LogP contribution in [0.15, 0.2) is 23.3 Å². The summed E-state index contributed by atoms with van der Waals surface area (Å²) in [6, 6.07) is 1.63. The third-order valence-electron chi connectivity index (χ3n) is 3.23. The molecule has 6 nitrogen and oxygen atoms in total. The average Bonchev–Trinajstić information content (AvgIpc) is 2.43. The molecule has 104 valence electrons. The van der Waals surface area contributed by atoms with E-state index in [0.717, 1.165) is 32.5 Å². The van der Waals surface area contributed by atoms with Crippen molar-refractivity contribution in [2.75, 3.05) is 19.8 Å². The van der Waals surface area contributed by atoms with Crippen LogP contribution in [0.1, 0.15) is 19.3 Å². The fourth-order valence-corrected chi connectivity index (χ4v) is 2.17. The molecular weight excluding hydrogens is 246 g/mol. The van der Waals surface area contributed by atoms with E-state index in [4.69, 9.17) is 4.74 Å². The number of aromatic nitrogens is 2. The van der Waals surface area contributed by atoms with E-state index in [1.165, 1.54) is 10.8 Å². The molecule has 1 aromatic rings. The molecule has 1 aliphatic rings. The molecule has 0 unspecified atom stereocenters. The zero-order valence-electron chi connectivity index (χ0n) is 10.9. The van der Waals surface area contributed by atoms with E-state index in [1.54, 1.807) is 12.3 Å². The Kier molecular flexibility index (Phi) is 5.09. The van der Waals surface area contributed by atoms with E-state index in [0.29, 0.717) is 12.5 Å². The lowest BCUT2D eigenvalue weighted by Gasteiger charge is -2.21. The maximum absolute atomic E-state index is 11.7. The number of nitrogens with zero attached hydrogens (tertiary/aromatic N) is 2. The Morgan fingerprint density at radius 2 is 2.47 bits per heavy atom. The van der Waals surface area contributed by atoms with Crippen molar-refractivity contribution >= 4 is 5.91 Å². The van der Waals surface area contributed by atoms with Crippen LogP contribution in [0, 0.1) is 5.92 Å². The predicted octanol–water partition coefficient (Wildman–Crippen LogP) is 0.176. The Hall–Kier alpha value is -1.69. The smallest absolute Gasteiger partial charge is 0.347 e. The predicted molar refractivity (Wildman–Crippen MR) is 69.7 cm³/mol. The molecule has 0 aliphatic carbocycles. The molecule has 1 atom stereocenters. The van der Waals surface area contributed by atoms with E-state index in [1.807, 2.05) is 0 Å². The van der Waals surface area contributed by atoms with Gasteiger partial charge in [-0.15, -0.1) is 0 Å². The monoisotopic (exact) mass is 265 g/mol. The zero-order valence-corrected chi connectivity index (χ0v) is 10.9. The van der Waals surface area contributed by atoms with Crippen LogP contribution in [0.4, 0.5) is 0 Å². The second-order valence-electron chi connectivity index (χ2n) is 4.75. The fourth-order valence-electron chi connectivity index (χ4n) is 2.17. The van der Waals surface area contributed by atoms with Gasteiger partial charge in [0.2, 0.25) is 5.91 Å². The molecule has 0 aromatic carbocycles. The van der Waals surface area contributed by atoms with Crippen molar-refractivity contribution in [2.24, 2.45) is 5.92 Å². The Labute approximate surface area is 111 Å². The van der Waals surface area contributed by atoms with Gasteiger partial charge in [-0.2, -0.15) is 0 Å². The van der Waals surface area contributed by atoms with Gasteiger partial charge in [-0.1, -0.05) is 0 Å². The summed E-state index contributed by atoms with van der Waals surface area (Å²) in [5.74, 6) is 0.377. The number of carbonyl (C=O) groups excluding carboxylic acids is 1. The second-order valence-corrected chi connectivity index (χ2v) is 4.75. The van der Waals surface area contributed by atoms with E-state index in [2.05, 4.69) is 10.3 Å². The van der Waals surface area contributed by atoms with Crippen molar-refractivity contribution in [2.45, 2.75) is 25.8 Å². The minimum absolute atomic E-state index is 0.0217. The molecule has 1 aromatic heterocycles.